The number of hydrogen-bond acceptors (Lipinski definition) is 6. The molecule has 2 N–H and O–H groups in total. The number of fused-ring (bicyclic) bond motifs is 1. The zero-order valence-corrected chi connectivity index (χ0v) is 17.0. The van der Waals surface area contributed by atoms with Gasteiger partial charge in [-0.3, -0.25) is 0 Å². The van der Waals surface area contributed by atoms with Crippen molar-refractivity contribution in [3.63, 3.8) is 0 Å². The molecule has 152 valence electrons. The van der Waals surface area contributed by atoms with E-state index in [1.165, 1.54) is 11.3 Å². The molecule has 0 saturated carbocycles. The molecule has 1 aromatic carbocycles. The topological polar surface area (TPSA) is 98.1 Å². The second kappa shape index (κ2) is 8.75. The lowest BCUT2D eigenvalue weighted by atomic mass is 10.2. The number of amides is 2. The van der Waals surface area contributed by atoms with Crippen LogP contribution in [0.1, 0.15) is 22.2 Å². The largest absolute Gasteiger partial charge is 0.462 e. The summed E-state index contributed by atoms with van der Waals surface area (Å²) in [5.74, 6) is 0.324. The lowest BCUT2D eigenvalue weighted by Gasteiger charge is -2.11. The predicted molar refractivity (Wildman–Crippen MR) is 115 cm³/mol. The summed E-state index contributed by atoms with van der Waals surface area (Å²) in [7, 11) is 0. The van der Waals surface area contributed by atoms with Crippen LogP contribution in [0.4, 0.5) is 10.5 Å². The maximum Gasteiger partial charge on any atom is 0.348 e. The molecule has 0 saturated heterocycles. The van der Waals surface area contributed by atoms with E-state index >= 15 is 0 Å². The first-order valence-electron chi connectivity index (χ1n) is 9.33. The van der Waals surface area contributed by atoms with Gasteiger partial charge in [0.25, 0.3) is 0 Å². The van der Waals surface area contributed by atoms with E-state index in [9.17, 15) is 9.59 Å². The summed E-state index contributed by atoms with van der Waals surface area (Å²) in [4.78, 5) is 29.2. The molecular formula is C21H19N5O3S. The van der Waals surface area contributed by atoms with E-state index in [0.29, 0.717) is 29.5 Å². The quantitative estimate of drug-likeness (QED) is 0.459. The minimum Gasteiger partial charge on any atom is -0.462 e. The summed E-state index contributed by atoms with van der Waals surface area (Å²) in [5.41, 5.74) is 1.47. The highest BCUT2D eigenvalue weighted by Gasteiger charge is 2.12. The summed E-state index contributed by atoms with van der Waals surface area (Å²) < 4.78 is 7.64. The van der Waals surface area contributed by atoms with Gasteiger partial charge in [0.05, 0.1) is 6.61 Å². The van der Waals surface area contributed by atoms with E-state index in [1.54, 1.807) is 42.3 Å². The monoisotopic (exact) mass is 421 g/mol. The Kier molecular flexibility index (Phi) is 5.71. The van der Waals surface area contributed by atoms with Gasteiger partial charge in [-0.05, 0) is 48.7 Å². The molecule has 30 heavy (non-hydrogen) atoms. The Bertz CT molecular complexity index is 1190. The van der Waals surface area contributed by atoms with Crippen LogP contribution >= 0.6 is 11.3 Å². The minimum absolute atomic E-state index is 0.294. The number of anilines is 1. The van der Waals surface area contributed by atoms with Crippen LogP contribution in [0.25, 0.3) is 15.9 Å². The molecule has 0 bridgehead atoms. The molecule has 2 amide bonds. The van der Waals surface area contributed by atoms with Gasteiger partial charge >= 0.3 is 12.0 Å². The van der Waals surface area contributed by atoms with E-state index < -0.39 is 0 Å². The first-order valence-corrected chi connectivity index (χ1v) is 10.1. The Labute approximate surface area is 176 Å². The molecular weight excluding hydrogens is 402 g/mol. The number of ether oxygens (including phenoxy) is 1. The van der Waals surface area contributed by atoms with Crippen molar-refractivity contribution in [3.8, 4) is 5.82 Å². The van der Waals surface area contributed by atoms with Crippen molar-refractivity contribution in [2.75, 3.05) is 11.9 Å². The molecule has 0 aliphatic carbocycles. The maximum atomic E-state index is 12.4. The Balaban J connectivity index is 1.42. The molecule has 3 heterocycles. The van der Waals surface area contributed by atoms with Crippen molar-refractivity contribution < 1.29 is 14.3 Å². The molecule has 0 unspecified atom stereocenters. The van der Waals surface area contributed by atoms with Gasteiger partial charge in [-0.1, -0.05) is 6.07 Å². The second-order valence-electron chi connectivity index (χ2n) is 6.33. The van der Waals surface area contributed by atoms with Crippen molar-refractivity contribution in [2.45, 2.75) is 13.5 Å². The first kappa shape index (κ1) is 19.6. The fourth-order valence-corrected chi connectivity index (χ4v) is 3.88. The molecule has 0 aliphatic heterocycles. The van der Waals surface area contributed by atoms with Gasteiger partial charge in [-0.25, -0.2) is 19.3 Å². The predicted octanol–water partition coefficient (Wildman–Crippen LogP) is 3.98. The van der Waals surface area contributed by atoms with Gasteiger partial charge < -0.3 is 15.4 Å². The van der Waals surface area contributed by atoms with Gasteiger partial charge in [-0.15, -0.1) is 11.3 Å². The number of thiophene rings is 1. The number of pyridine rings is 1. The van der Waals surface area contributed by atoms with Crippen molar-refractivity contribution in [1.82, 2.24) is 20.1 Å². The molecule has 0 atom stereocenters. The van der Waals surface area contributed by atoms with E-state index in [0.717, 1.165) is 15.6 Å². The maximum absolute atomic E-state index is 12.4. The third-order valence-corrected chi connectivity index (χ3v) is 5.38. The van der Waals surface area contributed by atoms with Crippen molar-refractivity contribution in [3.05, 3.63) is 71.5 Å². The van der Waals surface area contributed by atoms with Gasteiger partial charge in [-0.2, -0.15) is 5.10 Å². The zero-order valence-electron chi connectivity index (χ0n) is 16.2. The highest BCUT2D eigenvalue weighted by atomic mass is 32.1. The molecule has 0 fully saturated rings. The van der Waals surface area contributed by atoms with Crippen LogP contribution in [-0.4, -0.2) is 33.4 Å². The Morgan fingerprint density at radius 1 is 1.17 bits per heavy atom. The summed E-state index contributed by atoms with van der Waals surface area (Å²) in [5, 5.41) is 10.7. The Hall–Kier alpha value is -3.72. The van der Waals surface area contributed by atoms with Crippen LogP contribution in [0.2, 0.25) is 0 Å². The van der Waals surface area contributed by atoms with Crippen molar-refractivity contribution >= 4 is 39.1 Å². The number of benzene rings is 1. The average Bonchev–Trinajstić information content (AvgIpc) is 3.42. The second-order valence-corrected chi connectivity index (χ2v) is 7.41. The molecule has 4 rings (SSSR count). The summed E-state index contributed by atoms with van der Waals surface area (Å²) >= 11 is 1.36. The SMILES string of the molecule is CCOC(=O)c1cc2cc(NC(=O)NCc3cccnc3-n3cccn3)ccc2s1. The third kappa shape index (κ3) is 4.31. The van der Waals surface area contributed by atoms with Crippen LogP contribution in [0.3, 0.4) is 0 Å². The third-order valence-electron chi connectivity index (χ3n) is 4.28. The smallest absolute Gasteiger partial charge is 0.348 e. The number of rotatable bonds is 6. The van der Waals surface area contributed by atoms with E-state index in [2.05, 4.69) is 20.7 Å². The van der Waals surface area contributed by atoms with Crippen LogP contribution in [0.5, 0.6) is 0 Å². The first-order chi connectivity index (χ1) is 14.6. The zero-order chi connectivity index (χ0) is 20.9. The van der Waals surface area contributed by atoms with Gasteiger partial charge in [0.15, 0.2) is 5.82 Å². The Morgan fingerprint density at radius 2 is 2.07 bits per heavy atom. The summed E-state index contributed by atoms with van der Waals surface area (Å²) in [6.45, 7) is 2.40. The molecule has 4 aromatic rings. The van der Waals surface area contributed by atoms with E-state index in [4.69, 9.17) is 4.74 Å². The van der Waals surface area contributed by atoms with Crippen LogP contribution in [0, 0.1) is 0 Å². The van der Waals surface area contributed by atoms with Crippen molar-refractivity contribution in [2.24, 2.45) is 0 Å². The average molecular weight is 421 g/mol. The fourth-order valence-electron chi connectivity index (χ4n) is 2.94. The molecule has 0 radical (unpaired) electrons. The molecule has 0 spiro atoms. The number of urea groups is 1. The number of esters is 1. The molecule has 9 heteroatoms. The van der Waals surface area contributed by atoms with E-state index in [-0.39, 0.29) is 12.0 Å². The number of hydrogen-bond donors (Lipinski definition) is 2. The van der Waals surface area contributed by atoms with Crippen LogP contribution < -0.4 is 10.6 Å². The summed E-state index contributed by atoms with van der Waals surface area (Å²) in [6.07, 6.45) is 5.15. The molecule has 0 aliphatic rings. The standard InChI is InChI=1S/C21H19N5O3S/c1-2-29-20(27)18-12-15-11-16(6-7-17(15)30-18)25-21(28)23-13-14-5-3-8-22-19(14)26-10-4-9-24-26/h3-12H,2,13H2,1H3,(H2,23,25,28). The fraction of sp³-hybridized carbons (Fsp3) is 0.143. The number of nitrogens with one attached hydrogen (secondary N) is 2. The van der Waals surface area contributed by atoms with Gasteiger partial charge in [0.1, 0.15) is 4.88 Å². The highest BCUT2D eigenvalue weighted by Crippen LogP contribution is 2.28. The Morgan fingerprint density at radius 3 is 2.87 bits per heavy atom. The number of carbonyl (C=O) groups excluding carboxylic acids is 2. The van der Waals surface area contributed by atoms with Crippen molar-refractivity contribution in [1.29, 1.82) is 0 Å². The van der Waals surface area contributed by atoms with Crippen LogP contribution in [-0.2, 0) is 11.3 Å². The number of nitrogens with zero attached hydrogens (tertiary/aromatic N) is 3. The minimum atomic E-state index is -0.342. The van der Waals surface area contributed by atoms with Gasteiger partial charge in [0.2, 0.25) is 0 Å². The highest BCUT2D eigenvalue weighted by molar-refractivity contribution is 7.20. The number of carbonyl (C=O) groups is 2. The lowest BCUT2D eigenvalue weighted by Crippen LogP contribution is -2.28. The van der Waals surface area contributed by atoms with E-state index in [1.807, 2.05) is 30.3 Å². The lowest BCUT2D eigenvalue weighted by molar-refractivity contribution is 0.0532. The normalized spacial score (nSPS) is 10.7. The number of aromatic nitrogens is 3. The summed E-state index contributed by atoms with van der Waals surface area (Å²) in [6, 6.07) is 12.4. The molecule has 8 nitrogen and oxygen atoms in total. The molecule has 3 aromatic heterocycles. The van der Waals surface area contributed by atoms with Crippen LogP contribution in [0.15, 0.2) is 61.1 Å². The van der Waals surface area contributed by atoms with Gasteiger partial charge in [0, 0.05) is 41.1 Å².